The SMILES string of the molecule is CCc1ncc(Cl)c(C(=O)OC)n1. The van der Waals surface area contributed by atoms with Crippen molar-refractivity contribution < 1.29 is 9.53 Å². The molecule has 0 atom stereocenters. The zero-order valence-electron chi connectivity index (χ0n) is 7.37. The van der Waals surface area contributed by atoms with Gasteiger partial charge in [-0.1, -0.05) is 18.5 Å². The van der Waals surface area contributed by atoms with Gasteiger partial charge in [0.1, 0.15) is 5.82 Å². The molecule has 1 aromatic rings. The third kappa shape index (κ3) is 2.15. The molecular weight excluding hydrogens is 192 g/mol. The number of esters is 1. The first-order chi connectivity index (χ1) is 6.19. The average Bonchev–Trinajstić information content (AvgIpc) is 2.17. The van der Waals surface area contributed by atoms with E-state index in [4.69, 9.17) is 11.6 Å². The predicted octanol–water partition coefficient (Wildman–Crippen LogP) is 1.48. The highest BCUT2D eigenvalue weighted by Crippen LogP contribution is 2.13. The highest BCUT2D eigenvalue weighted by Gasteiger charge is 2.13. The molecule has 0 radical (unpaired) electrons. The van der Waals surface area contributed by atoms with E-state index in [1.165, 1.54) is 13.3 Å². The lowest BCUT2D eigenvalue weighted by atomic mass is 10.3. The van der Waals surface area contributed by atoms with E-state index >= 15 is 0 Å². The van der Waals surface area contributed by atoms with Crippen molar-refractivity contribution >= 4 is 17.6 Å². The van der Waals surface area contributed by atoms with Crippen LogP contribution in [0.25, 0.3) is 0 Å². The van der Waals surface area contributed by atoms with Gasteiger partial charge in [0.15, 0.2) is 5.69 Å². The van der Waals surface area contributed by atoms with E-state index < -0.39 is 5.97 Å². The van der Waals surface area contributed by atoms with Crippen LogP contribution in [0.1, 0.15) is 23.2 Å². The number of aryl methyl sites for hydroxylation is 1. The Morgan fingerprint density at radius 2 is 2.38 bits per heavy atom. The fourth-order valence-electron chi connectivity index (χ4n) is 0.814. The predicted molar refractivity (Wildman–Crippen MR) is 47.8 cm³/mol. The van der Waals surface area contributed by atoms with Gasteiger partial charge in [-0.2, -0.15) is 0 Å². The number of hydrogen-bond acceptors (Lipinski definition) is 4. The Balaban J connectivity index is 3.11. The summed E-state index contributed by atoms with van der Waals surface area (Å²) < 4.78 is 4.50. The molecule has 0 N–H and O–H groups in total. The Labute approximate surface area is 80.9 Å². The van der Waals surface area contributed by atoms with Gasteiger partial charge < -0.3 is 4.74 Å². The van der Waals surface area contributed by atoms with Crippen molar-refractivity contribution in [3.8, 4) is 0 Å². The summed E-state index contributed by atoms with van der Waals surface area (Å²) >= 11 is 5.70. The number of aromatic nitrogens is 2. The van der Waals surface area contributed by atoms with Crippen molar-refractivity contribution in [1.82, 2.24) is 9.97 Å². The first-order valence-corrected chi connectivity index (χ1v) is 4.16. The number of halogens is 1. The van der Waals surface area contributed by atoms with Gasteiger partial charge >= 0.3 is 5.97 Å². The molecule has 5 heteroatoms. The second-order valence-corrected chi connectivity index (χ2v) is 2.74. The summed E-state index contributed by atoms with van der Waals surface area (Å²) in [7, 11) is 1.28. The Kier molecular flexibility index (Phi) is 3.19. The van der Waals surface area contributed by atoms with Crippen LogP contribution in [-0.4, -0.2) is 23.0 Å². The van der Waals surface area contributed by atoms with Gasteiger partial charge in [0.2, 0.25) is 0 Å². The van der Waals surface area contributed by atoms with E-state index in [9.17, 15) is 4.79 Å². The molecule has 0 spiro atoms. The van der Waals surface area contributed by atoms with Gasteiger partial charge in [0.25, 0.3) is 0 Å². The molecule has 0 bridgehead atoms. The van der Waals surface area contributed by atoms with Crippen LogP contribution >= 0.6 is 11.6 Å². The molecule has 0 aromatic carbocycles. The average molecular weight is 201 g/mol. The van der Waals surface area contributed by atoms with Gasteiger partial charge in [0, 0.05) is 6.42 Å². The van der Waals surface area contributed by atoms with Gasteiger partial charge in [-0.05, 0) is 0 Å². The zero-order valence-corrected chi connectivity index (χ0v) is 8.13. The maximum absolute atomic E-state index is 11.1. The lowest BCUT2D eigenvalue weighted by molar-refractivity contribution is 0.0593. The summed E-state index contributed by atoms with van der Waals surface area (Å²) in [5.74, 6) is 0.0342. The second kappa shape index (κ2) is 4.18. The van der Waals surface area contributed by atoms with Crippen LogP contribution in [0.5, 0.6) is 0 Å². The quantitative estimate of drug-likeness (QED) is 0.679. The Bertz CT molecular complexity index is 328. The number of ether oxygens (including phenoxy) is 1. The van der Waals surface area contributed by atoms with Crippen LogP contribution in [0.2, 0.25) is 5.02 Å². The third-order valence-corrected chi connectivity index (χ3v) is 1.77. The summed E-state index contributed by atoms with van der Waals surface area (Å²) in [5, 5.41) is 0.212. The van der Waals surface area contributed by atoms with Gasteiger partial charge in [-0.25, -0.2) is 14.8 Å². The molecule has 70 valence electrons. The topological polar surface area (TPSA) is 52.1 Å². The minimum atomic E-state index is -0.540. The smallest absolute Gasteiger partial charge is 0.358 e. The van der Waals surface area contributed by atoms with E-state index in [2.05, 4.69) is 14.7 Å². The number of carbonyl (C=O) groups excluding carboxylic acids is 1. The maximum atomic E-state index is 11.1. The molecule has 0 saturated heterocycles. The normalized spacial score (nSPS) is 9.77. The summed E-state index contributed by atoms with van der Waals surface area (Å²) in [6.45, 7) is 1.89. The molecule has 1 aromatic heterocycles. The first-order valence-electron chi connectivity index (χ1n) is 3.78. The second-order valence-electron chi connectivity index (χ2n) is 2.33. The van der Waals surface area contributed by atoms with E-state index in [-0.39, 0.29) is 10.7 Å². The Morgan fingerprint density at radius 1 is 1.69 bits per heavy atom. The summed E-state index contributed by atoms with van der Waals surface area (Å²) in [6.07, 6.45) is 2.06. The van der Waals surface area contributed by atoms with Crippen LogP contribution in [0.3, 0.4) is 0 Å². The molecule has 0 unspecified atom stereocenters. The largest absolute Gasteiger partial charge is 0.464 e. The monoisotopic (exact) mass is 200 g/mol. The molecule has 0 amide bonds. The number of rotatable bonds is 2. The molecule has 1 heterocycles. The standard InChI is InChI=1S/C8H9ClN2O2/c1-3-6-10-4-5(9)7(11-6)8(12)13-2/h4H,3H2,1-2H3. The third-order valence-electron chi connectivity index (χ3n) is 1.49. The van der Waals surface area contributed by atoms with Gasteiger partial charge in [-0.3, -0.25) is 0 Å². The van der Waals surface area contributed by atoms with Crippen LogP contribution in [0.15, 0.2) is 6.20 Å². The van der Waals surface area contributed by atoms with Crippen molar-refractivity contribution in [1.29, 1.82) is 0 Å². The van der Waals surface area contributed by atoms with E-state index in [1.54, 1.807) is 0 Å². The van der Waals surface area contributed by atoms with Crippen LogP contribution in [0, 0.1) is 0 Å². The fourth-order valence-corrected chi connectivity index (χ4v) is 0.982. The van der Waals surface area contributed by atoms with Crippen LogP contribution in [0.4, 0.5) is 0 Å². The molecule has 0 aliphatic rings. The van der Waals surface area contributed by atoms with Crippen molar-refractivity contribution in [3.05, 3.63) is 22.7 Å². The van der Waals surface area contributed by atoms with Crippen LogP contribution in [-0.2, 0) is 11.2 Å². The van der Waals surface area contributed by atoms with Gasteiger partial charge in [-0.15, -0.1) is 0 Å². The van der Waals surface area contributed by atoms with Crippen molar-refractivity contribution in [3.63, 3.8) is 0 Å². The van der Waals surface area contributed by atoms with E-state index in [0.29, 0.717) is 12.2 Å². The minimum absolute atomic E-state index is 0.121. The summed E-state index contributed by atoms with van der Waals surface area (Å²) in [4.78, 5) is 19.0. The lowest BCUT2D eigenvalue weighted by Gasteiger charge is -2.01. The first kappa shape index (κ1) is 9.92. The number of carbonyl (C=O) groups is 1. The summed E-state index contributed by atoms with van der Waals surface area (Å²) in [6, 6.07) is 0. The van der Waals surface area contributed by atoms with Crippen molar-refractivity contribution in [2.75, 3.05) is 7.11 Å². The van der Waals surface area contributed by atoms with Crippen molar-refractivity contribution in [2.24, 2.45) is 0 Å². The molecule has 0 aliphatic heterocycles. The molecule has 0 fully saturated rings. The molecule has 4 nitrogen and oxygen atoms in total. The molecular formula is C8H9ClN2O2. The number of nitrogens with zero attached hydrogens (tertiary/aromatic N) is 2. The highest BCUT2D eigenvalue weighted by molar-refractivity contribution is 6.33. The maximum Gasteiger partial charge on any atom is 0.358 e. The number of methoxy groups -OCH3 is 1. The Hall–Kier alpha value is -1.16. The van der Waals surface area contributed by atoms with Crippen LogP contribution < -0.4 is 0 Å². The minimum Gasteiger partial charge on any atom is -0.464 e. The number of hydrogen-bond donors (Lipinski definition) is 0. The molecule has 0 aliphatic carbocycles. The molecule has 0 saturated carbocycles. The van der Waals surface area contributed by atoms with Gasteiger partial charge in [0.05, 0.1) is 18.3 Å². The van der Waals surface area contributed by atoms with Crippen molar-refractivity contribution in [2.45, 2.75) is 13.3 Å². The Morgan fingerprint density at radius 3 is 2.92 bits per heavy atom. The lowest BCUT2D eigenvalue weighted by Crippen LogP contribution is -2.08. The zero-order chi connectivity index (χ0) is 9.84. The molecule has 13 heavy (non-hydrogen) atoms. The van der Waals surface area contributed by atoms with E-state index in [0.717, 1.165) is 0 Å². The van der Waals surface area contributed by atoms with E-state index in [1.807, 2.05) is 6.92 Å². The summed E-state index contributed by atoms with van der Waals surface area (Å²) in [5.41, 5.74) is 0.121. The molecule has 1 rings (SSSR count). The highest BCUT2D eigenvalue weighted by atomic mass is 35.5. The fraction of sp³-hybridized carbons (Fsp3) is 0.375.